The molecular weight excluding hydrogens is 272 g/mol. The standard InChI is InChI=1S/C15H26N2O4/c1-11-9-12(13(18)19)3-6-17(11)14(20)16-10-15(2)4-7-21-8-5-15/h11-12H,3-10H2,1-2H3,(H,16,20)(H,18,19). The Hall–Kier alpha value is -1.30. The molecule has 0 spiro atoms. The van der Waals surface area contributed by atoms with Crippen LogP contribution in [-0.2, 0) is 9.53 Å². The van der Waals surface area contributed by atoms with Gasteiger partial charge in [0.1, 0.15) is 0 Å². The maximum absolute atomic E-state index is 12.3. The van der Waals surface area contributed by atoms with Gasteiger partial charge in [0.2, 0.25) is 0 Å². The topological polar surface area (TPSA) is 78.9 Å². The quantitative estimate of drug-likeness (QED) is 0.831. The third kappa shape index (κ3) is 4.09. The molecule has 6 nitrogen and oxygen atoms in total. The Bertz CT molecular complexity index is 393. The first-order chi connectivity index (χ1) is 9.91. The van der Waals surface area contributed by atoms with Crippen molar-refractivity contribution in [3.8, 4) is 0 Å². The number of hydrogen-bond acceptors (Lipinski definition) is 3. The number of rotatable bonds is 3. The minimum atomic E-state index is -0.753. The van der Waals surface area contributed by atoms with Gasteiger partial charge in [-0.3, -0.25) is 4.79 Å². The third-order valence-electron chi connectivity index (χ3n) is 4.85. The first kappa shape index (κ1) is 16.1. The van der Waals surface area contributed by atoms with Gasteiger partial charge in [0.05, 0.1) is 5.92 Å². The molecule has 0 bridgehead atoms. The minimum Gasteiger partial charge on any atom is -0.481 e. The van der Waals surface area contributed by atoms with Gasteiger partial charge >= 0.3 is 12.0 Å². The lowest BCUT2D eigenvalue weighted by molar-refractivity contribution is -0.143. The number of carboxylic acid groups (broad SMARTS) is 1. The van der Waals surface area contributed by atoms with Crippen LogP contribution in [0.4, 0.5) is 4.79 Å². The molecule has 2 atom stereocenters. The highest BCUT2D eigenvalue weighted by molar-refractivity contribution is 5.75. The molecular formula is C15H26N2O4. The summed E-state index contributed by atoms with van der Waals surface area (Å²) >= 11 is 0. The molecule has 0 aliphatic carbocycles. The number of carbonyl (C=O) groups is 2. The van der Waals surface area contributed by atoms with E-state index in [2.05, 4.69) is 12.2 Å². The highest BCUT2D eigenvalue weighted by Crippen LogP contribution is 2.29. The Morgan fingerprint density at radius 2 is 2.05 bits per heavy atom. The van der Waals surface area contributed by atoms with Gasteiger partial charge in [-0.15, -0.1) is 0 Å². The fourth-order valence-corrected chi connectivity index (χ4v) is 3.13. The van der Waals surface area contributed by atoms with Gasteiger partial charge in [-0.1, -0.05) is 6.92 Å². The molecule has 0 radical (unpaired) electrons. The van der Waals surface area contributed by atoms with Crippen molar-refractivity contribution in [3.63, 3.8) is 0 Å². The number of urea groups is 1. The van der Waals surface area contributed by atoms with Crippen molar-refractivity contribution in [2.24, 2.45) is 11.3 Å². The molecule has 0 aromatic heterocycles. The Kier molecular flexibility index (Phi) is 5.08. The second-order valence-corrected chi connectivity index (χ2v) is 6.68. The van der Waals surface area contributed by atoms with Crippen molar-refractivity contribution in [3.05, 3.63) is 0 Å². The maximum Gasteiger partial charge on any atom is 0.317 e. The van der Waals surface area contributed by atoms with E-state index >= 15 is 0 Å². The summed E-state index contributed by atoms with van der Waals surface area (Å²) in [6, 6.07) is -0.0959. The zero-order valence-electron chi connectivity index (χ0n) is 12.9. The Morgan fingerprint density at radius 3 is 2.62 bits per heavy atom. The van der Waals surface area contributed by atoms with E-state index in [-0.39, 0.29) is 23.4 Å². The van der Waals surface area contributed by atoms with Crippen LogP contribution < -0.4 is 5.32 Å². The maximum atomic E-state index is 12.3. The van der Waals surface area contributed by atoms with Crippen molar-refractivity contribution in [1.29, 1.82) is 0 Å². The number of nitrogens with one attached hydrogen (secondary N) is 1. The minimum absolute atomic E-state index is 0.0256. The first-order valence-corrected chi connectivity index (χ1v) is 7.76. The molecule has 2 aliphatic heterocycles. The highest BCUT2D eigenvalue weighted by atomic mass is 16.5. The van der Waals surface area contributed by atoms with E-state index in [4.69, 9.17) is 9.84 Å². The predicted octanol–water partition coefficient (Wildman–Crippen LogP) is 1.70. The van der Waals surface area contributed by atoms with Crippen LogP contribution in [0.3, 0.4) is 0 Å². The van der Waals surface area contributed by atoms with E-state index < -0.39 is 5.97 Å². The molecule has 0 saturated carbocycles. The summed E-state index contributed by atoms with van der Waals surface area (Å²) in [5.41, 5.74) is 0.108. The second-order valence-electron chi connectivity index (χ2n) is 6.68. The van der Waals surface area contributed by atoms with E-state index in [1.54, 1.807) is 4.90 Å². The van der Waals surface area contributed by atoms with Crippen molar-refractivity contribution >= 4 is 12.0 Å². The van der Waals surface area contributed by atoms with Gasteiger partial charge in [-0.05, 0) is 38.0 Å². The largest absolute Gasteiger partial charge is 0.481 e. The summed E-state index contributed by atoms with van der Waals surface area (Å²) in [6.07, 6.45) is 3.00. The van der Waals surface area contributed by atoms with Crippen LogP contribution in [0.15, 0.2) is 0 Å². The molecule has 2 heterocycles. The number of likely N-dealkylation sites (tertiary alicyclic amines) is 1. The van der Waals surface area contributed by atoms with Gasteiger partial charge in [0.15, 0.2) is 0 Å². The van der Waals surface area contributed by atoms with Gasteiger partial charge < -0.3 is 20.1 Å². The number of hydrogen-bond donors (Lipinski definition) is 2. The number of carbonyl (C=O) groups excluding carboxylic acids is 1. The Morgan fingerprint density at radius 1 is 1.38 bits per heavy atom. The lowest BCUT2D eigenvalue weighted by atomic mass is 9.82. The number of amides is 2. The third-order valence-corrected chi connectivity index (χ3v) is 4.85. The monoisotopic (exact) mass is 298 g/mol. The fourth-order valence-electron chi connectivity index (χ4n) is 3.13. The van der Waals surface area contributed by atoms with Gasteiger partial charge in [0.25, 0.3) is 0 Å². The van der Waals surface area contributed by atoms with E-state index in [1.807, 2.05) is 6.92 Å². The molecule has 2 unspecified atom stereocenters. The van der Waals surface area contributed by atoms with Crippen LogP contribution in [-0.4, -0.2) is 54.4 Å². The van der Waals surface area contributed by atoms with Crippen molar-refractivity contribution in [2.75, 3.05) is 26.3 Å². The molecule has 21 heavy (non-hydrogen) atoms. The number of aliphatic carboxylic acids is 1. The fraction of sp³-hybridized carbons (Fsp3) is 0.867. The van der Waals surface area contributed by atoms with E-state index in [9.17, 15) is 9.59 Å². The summed E-state index contributed by atoms with van der Waals surface area (Å²) in [6.45, 7) is 6.78. The SMILES string of the molecule is CC1CC(C(=O)O)CCN1C(=O)NCC1(C)CCOCC1. The first-order valence-electron chi connectivity index (χ1n) is 7.76. The van der Waals surface area contributed by atoms with Crippen LogP contribution in [0.5, 0.6) is 0 Å². The van der Waals surface area contributed by atoms with E-state index in [0.717, 1.165) is 26.1 Å². The van der Waals surface area contributed by atoms with Crippen LogP contribution in [0.25, 0.3) is 0 Å². The van der Waals surface area contributed by atoms with Gasteiger partial charge in [0, 0.05) is 32.3 Å². The van der Waals surface area contributed by atoms with E-state index in [1.165, 1.54) is 0 Å². The average Bonchev–Trinajstić information content (AvgIpc) is 2.45. The van der Waals surface area contributed by atoms with Gasteiger partial charge in [-0.25, -0.2) is 4.79 Å². The number of carboxylic acids is 1. The summed E-state index contributed by atoms with van der Waals surface area (Å²) in [7, 11) is 0. The van der Waals surface area contributed by atoms with Crippen molar-refractivity contribution < 1.29 is 19.4 Å². The smallest absolute Gasteiger partial charge is 0.317 e. The molecule has 2 saturated heterocycles. The average molecular weight is 298 g/mol. The zero-order chi connectivity index (χ0) is 15.5. The van der Waals surface area contributed by atoms with Crippen LogP contribution in [0.1, 0.15) is 39.5 Å². The lowest BCUT2D eigenvalue weighted by Crippen LogP contribution is -2.52. The van der Waals surface area contributed by atoms with Gasteiger partial charge in [-0.2, -0.15) is 0 Å². The summed E-state index contributed by atoms with van der Waals surface area (Å²) in [5.74, 6) is -1.08. The summed E-state index contributed by atoms with van der Waals surface area (Å²) in [4.78, 5) is 25.1. The highest BCUT2D eigenvalue weighted by Gasteiger charge is 2.33. The number of ether oxygens (including phenoxy) is 1. The predicted molar refractivity (Wildman–Crippen MR) is 78.1 cm³/mol. The summed E-state index contributed by atoms with van der Waals surface area (Å²) in [5, 5.41) is 12.1. The van der Waals surface area contributed by atoms with E-state index in [0.29, 0.717) is 25.9 Å². The Balaban J connectivity index is 1.82. The van der Waals surface area contributed by atoms with Crippen LogP contribution in [0.2, 0.25) is 0 Å². The second kappa shape index (κ2) is 6.64. The number of nitrogens with zero attached hydrogens (tertiary/aromatic N) is 1. The van der Waals surface area contributed by atoms with Crippen LogP contribution in [0, 0.1) is 11.3 Å². The molecule has 120 valence electrons. The normalized spacial score (nSPS) is 29.0. The molecule has 2 fully saturated rings. The molecule has 2 aliphatic rings. The molecule has 0 aromatic carbocycles. The lowest BCUT2D eigenvalue weighted by Gasteiger charge is -2.38. The van der Waals surface area contributed by atoms with Crippen LogP contribution >= 0.6 is 0 Å². The summed E-state index contributed by atoms with van der Waals surface area (Å²) < 4.78 is 5.36. The van der Waals surface area contributed by atoms with Crippen molar-refractivity contribution in [2.45, 2.75) is 45.6 Å². The Labute approximate surface area is 125 Å². The molecule has 2 amide bonds. The zero-order valence-corrected chi connectivity index (χ0v) is 12.9. The molecule has 6 heteroatoms. The molecule has 2 N–H and O–H groups in total. The number of piperidine rings is 1. The van der Waals surface area contributed by atoms with Crippen molar-refractivity contribution in [1.82, 2.24) is 10.2 Å². The molecule has 2 rings (SSSR count). The molecule has 0 aromatic rings.